The molecule has 0 aliphatic carbocycles. The minimum atomic E-state index is -0.0787. The summed E-state index contributed by atoms with van der Waals surface area (Å²) in [7, 11) is 1.73. The highest BCUT2D eigenvalue weighted by Crippen LogP contribution is 2.24. The van der Waals surface area contributed by atoms with Crippen molar-refractivity contribution in [1.29, 1.82) is 0 Å². The molecule has 6 heteroatoms. The van der Waals surface area contributed by atoms with Crippen molar-refractivity contribution < 1.29 is 4.79 Å². The van der Waals surface area contributed by atoms with Crippen molar-refractivity contribution in [2.75, 3.05) is 0 Å². The van der Waals surface area contributed by atoms with Gasteiger partial charge in [-0.15, -0.1) is 11.3 Å². The first kappa shape index (κ1) is 10.9. The first-order valence-electron chi connectivity index (χ1n) is 4.06. The molecule has 0 bridgehead atoms. The standard InChI is InChI=1S/C9H6BrClN2OS/c1-13-8(6(10)3-12-13)9(14)5-2-7(11)15-4-5/h2-4H,1H3. The predicted molar refractivity (Wildman–Crippen MR) is 63.7 cm³/mol. The van der Waals surface area contributed by atoms with Gasteiger partial charge in [0.2, 0.25) is 5.78 Å². The Morgan fingerprint density at radius 2 is 2.40 bits per heavy atom. The minimum Gasteiger partial charge on any atom is -0.287 e. The van der Waals surface area contributed by atoms with Gasteiger partial charge in [-0.25, -0.2) is 0 Å². The molecule has 0 aliphatic heterocycles. The van der Waals surface area contributed by atoms with Crippen LogP contribution in [0.25, 0.3) is 0 Å². The zero-order chi connectivity index (χ0) is 11.0. The molecule has 0 aliphatic rings. The van der Waals surface area contributed by atoms with Crippen LogP contribution < -0.4 is 0 Å². The molecule has 2 aromatic heterocycles. The number of aromatic nitrogens is 2. The fraction of sp³-hybridized carbons (Fsp3) is 0.111. The first-order chi connectivity index (χ1) is 7.09. The van der Waals surface area contributed by atoms with Gasteiger partial charge < -0.3 is 0 Å². The lowest BCUT2D eigenvalue weighted by Gasteiger charge is -1.99. The molecule has 78 valence electrons. The van der Waals surface area contributed by atoms with Crippen LogP contribution in [0.5, 0.6) is 0 Å². The van der Waals surface area contributed by atoms with E-state index in [9.17, 15) is 4.79 Å². The zero-order valence-corrected chi connectivity index (χ0v) is 10.9. The Bertz CT molecular complexity index is 500. The van der Waals surface area contributed by atoms with E-state index >= 15 is 0 Å². The number of carbonyl (C=O) groups is 1. The van der Waals surface area contributed by atoms with Crippen LogP contribution >= 0.6 is 38.9 Å². The summed E-state index contributed by atoms with van der Waals surface area (Å²) in [5.41, 5.74) is 1.12. The molecular formula is C9H6BrClN2OS. The molecule has 0 spiro atoms. The van der Waals surface area contributed by atoms with E-state index < -0.39 is 0 Å². The average Bonchev–Trinajstić information content (AvgIpc) is 2.73. The molecule has 0 unspecified atom stereocenters. The van der Waals surface area contributed by atoms with Gasteiger partial charge in [0.05, 0.1) is 15.0 Å². The second-order valence-corrected chi connectivity index (χ2v) is 5.33. The number of hydrogen-bond acceptors (Lipinski definition) is 3. The summed E-state index contributed by atoms with van der Waals surface area (Å²) < 4.78 is 2.84. The molecule has 0 saturated heterocycles. The number of rotatable bonds is 2. The van der Waals surface area contributed by atoms with Crippen molar-refractivity contribution in [2.24, 2.45) is 7.05 Å². The molecular weight excluding hydrogens is 300 g/mol. The highest BCUT2D eigenvalue weighted by molar-refractivity contribution is 9.10. The lowest BCUT2D eigenvalue weighted by Crippen LogP contribution is -2.07. The number of ketones is 1. The Morgan fingerprint density at radius 3 is 2.87 bits per heavy atom. The maximum Gasteiger partial charge on any atom is 0.213 e. The Kier molecular flexibility index (Phi) is 2.95. The van der Waals surface area contributed by atoms with Crippen molar-refractivity contribution in [2.45, 2.75) is 0 Å². The van der Waals surface area contributed by atoms with Gasteiger partial charge >= 0.3 is 0 Å². The molecule has 0 aromatic carbocycles. The number of thiophene rings is 1. The second-order valence-electron chi connectivity index (χ2n) is 2.93. The second kappa shape index (κ2) is 4.08. The summed E-state index contributed by atoms with van der Waals surface area (Å²) in [6, 6.07) is 1.66. The van der Waals surface area contributed by atoms with Crippen molar-refractivity contribution in [3.8, 4) is 0 Å². The molecule has 15 heavy (non-hydrogen) atoms. The van der Waals surface area contributed by atoms with E-state index in [1.165, 1.54) is 16.0 Å². The van der Waals surface area contributed by atoms with E-state index in [1.807, 2.05) is 0 Å². The summed E-state index contributed by atoms with van der Waals surface area (Å²) in [5, 5.41) is 5.73. The van der Waals surface area contributed by atoms with Crippen LogP contribution in [-0.4, -0.2) is 15.6 Å². The molecule has 0 fully saturated rings. The van der Waals surface area contributed by atoms with E-state index in [0.29, 0.717) is 20.1 Å². The third kappa shape index (κ3) is 2.00. The summed E-state index contributed by atoms with van der Waals surface area (Å²) in [6.45, 7) is 0. The van der Waals surface area contributed by atoms with Crippen LogP contribution in [0, 0.1) is 0 Å². The van der Waals surface area contributed by atoms with Crippen LogP contribution in [-0.2, 0) is 7.05 Å². The normalized spacial score (nSPS) is 10.6. The van der Waals surface area contributed by atoms with E-state index in [4.69, 9.17) is 11.6 Å². The maximum atomic E-state index is 12.0. The van der Waals surface area contributed by atoms with Gasteiger partial charge in [0, 0.05) is 18.0 Å². The van der Waals surface area contributed by atoms with Gasteiger partial charge in [0.15, 0.2) is 0 Å². The number of nitrogens with zero attached hydrogens (tertiary/aromatic N) is 2. The predicted octanol–water partition coefficient (Wildman–Crippen LogP) is 3.13. The molecule has 3 nitrogen and oxygen atoms in total. The molecule has 0 atom stereocenters. The summed E-state index contributed by atoms with van der Waals surface area (Å²) >= 11 is 10.4. The number of carbonyl (C=O) groups excluding carboxylic acids is 1. The smallest absolute Gasteiger partial charge is 0.213 e. The van der Waals surface area contributed by atoms with Gasteiger partial charge in [0.1, 0.15) is 5.69 Å². The van der Waals surface area contributed by atoms with Crippen LogP contribution in [0.2, 0.25) is 4.34 Å². The van der Waals surface area contributed by atoms with Crippen LogP contribution in [0.4, 0.5) is 0 Å². The Balaban J connectivity index is 2.45. The minimum absolute atomic E-state index is 0.0787. The third-order valence-corrected chi connectivity index (χ3v) is 3.61. The average molecular weight is 306 g/mol. The lowest BCUT2D eigenvalue weighted by molar-refractivity contribution is 0.103. The Labute approximate surface area is 104 Å². The molecule has 0 radical (unpaired) electrons. The van der Waals surface area contributed by atoms with E-state index in [2.05, 4.69) is 21.0 Å². The van der Waals surface area contributed by atoms with Crippen LogP contribution in [0.3, 0.4) is 0 Å². The Morgan fingerprint density at radius 1 is 1.67 bits per heavy atom. The third-order valence-electron chi connectivity index (χ3n) is 1.94. The van der Waals surface area contributed by atoms with Crippen molar-refractivity contribution in [3.63, 3.8) is 0 Å². The van der Waals surface area contributed by atoms with Gasteiger partial charge in [0.25, 0.3) is 0 Å². The largest absolute Gasteiger partial charge is 0.287 e. The van der Waals surface area contributed by atoms with Crippen molar-refractivity contribution >= 4 is 44.7 Å². The van der Waals surface area contributed by atoms with E-state index in [0.717, 1.165) is 0 Å². The molecule has 2 rings (SSSR count). The summed E-state index contributed by atoms with van der Waals surface area (Å²) in [4.78, 5) is 12.0. The van der Waals surface area contributed by atoms with Gasteiger partial charge in [-0.1, -0.05) is 11.6 Å². The fourth-order valence-electron chi connectivity index (χ4n) is 1.23. The van der Waals surface area contributed by atoms with Crippen LogP contribution in [0.1, 0.15) is 16.1 Å². The summed E-state index contributed by atoms with van der Waals surface area (Å²) in [5.74, 6) is -0.0787. The van der Waals surface area contributed by atoms with Gasteiger partial charge in [-0.2, -0.15) is 5.10 Å². The van der Waals surface area contributed by atoms with Crippen molar-refractivity contribution in [1.82, 2.24) is 9.78 Å². The number of aryl methyl sites for hydroxylation is 1. The molecule has 0 saturated carbocycles. The fourth-order valence-corrected chi connectivity index (χ4v) is 2.62. The van der Waals surface area contributed by atoms with E-state index in [-0.39, 0.29) is 5.78 Å². The molecule has 0 N–H and O–H groups in total. The van der Waals surface area contributed by atoms with Gasteiger partial charge in [-0.05, 0) is 22.0 Å². The number of halogens is 2. The topological polar surface area (TPSA) is 34.9 Å². The quantitative estimate of drug-likeness (QED) is 0.799. The highest BCUT2D eigenvalue weighted by atomic mass is 79.9. The van der Waals surface area contributed by atoms with E-state index in [1.54, 1.807) is 24.7 Å². The molecule has 2 aromatic rings. The Hall–Kier alpha value is -0.650. The first-order valence-corrected chi connectivity index (χ1v) is 6.11. The molecule has 2 heterocycles. The maximum absolute atomic E-state index is 12.0. The van der Waals surface area contributed by atoms with Gasteiger partial charge in [-0.3, -0.25) is 9.48 Å². The number of hydrogen-bond donors (Lipinski definition) is 0. The monoisotopic (exact) mass is 304 g/mol. The summed E-state index contributed by atoms with van der Waals surface area (Å²) in [6.07, 6.45) is 1.60. The van der Waals surface area contributed by atoms with Crippen LogP contribution in [0.15, 0.2) is 22.1 Å². The lowest BCUT2D eigenvalue weighted by atomic mass is 10.2. The molecule has 0 amide bonds. The van der Waals surface area contributed by atoms with Crippen molar-refractivity contribution in [3.05, 3.63) is 37.7 Å². The zero-order valence-electron chi connectivity index (χ0n) is 7.70. The highest BCUT2D eigenvalue weighted by Gasteiger charge is 2.18. The SMILES string of the molecule is Cn1ncc(Br)c1C(=O)c1csc(Cl)c1.